The van der Waals surface area contributed by atoms with E-state index in [1.54, 1.807) is 13.8 Å². The summed E-state index contributed by atoms with van der Waals surface area (Å²) in [6.45, 7) is 10.6. The molecule has 0 radical (unpaired) electrons. The van der Waals surface area contributed by atoms with E-state index < -0.39 is 11.4 Å². The number of nitrogens with zero attached hydrogens (tertiary/aromatic N) is 4. The molecule has 208 valence electrons. The molecule has 2 aromatic rings. The molecule has 3 atom stereocenters. The van der Waals surface area contributed by atoms with Gasteiger partial charge in [0, 0.05) is 19.3 Å². The van der Waals surface area contributed by atoms with Gasteiger partial charge in [0.15, 0.2) is 5.79 Å². The number of fused-ring (bicyclic) bond motifs is 1. The largest absolute Gasteiger partial charge is 0.444 e. The van der Waals surface area contributed by atoms with Crippen molar-refractivity contribution in [2.75, 3.05) is 18.8 Å². The number of aromatic nitrogens is 3. The summed E-state index contributed by atoms with van der Waals surface area (Å²) < 4.78 is 14.0. The van der Waals surface area contributed by atoms with Gasteiger partial charge in [0.25, 0.3) is 0 Å². The monoisotopic (exact) mass is 525 g/mol. The van der Waals surface area contributed by atoms with Crippen LogP contribution in [0.25, 0.3) is 11.0 Å². The molecule has 3 aliphatic rings. The molecule has 38 heavy (non-hydrogen) atoms. The average Bonchev–Trinajstić information content (AvgIpc) is 3.51. The van der Waals surface area contributed by atoms with Crippen LogP contribution in [-0.2, 0) is 9.47 Å². The molecular formula is C29H43N5O4. The van der Waals surface area contributed by atoms with E-state index in [1.165, 1.54) is 11.9 Å². The number of nitrogens with two attached hydrogens (primary N) is 1. The van der Waals surface area contributed by atoms with Gasteiger partial charge >= 0.3 is 6.09 Å². The first-order valence-corrected chi connectivity index (χ1v) is 14.0. The highest BCUT2D eigenvalue weighted by Crippen LogP contribution is 2.52. The lowest BCUT2D eigenvalue weighted by Gasteiger charge is -2.42. The van der Waals surface area contributed by atoms with Gasteiger partial charge in [-0.15, -0.1) is 0 Å². The van der Waals surface area contributed by atoms with Crippen LogP contribution in [0.15, 0.2) is 30.2 Å². The second-order valence-corrected chi connectivity index (χ2v) is 12.9. The van der Waals surface area contributed by atoms with E-state index in [0.717, 1.165) is 69.1 Å². The van der Waals surface area contributed by atoms with Gasteiger partial charge in [0.1, 0.15) is 23.4 Å². The smallest absolute Gasteiger partial charge is 0.410 e. The molecular weight excluding hydrogens is 482 g/mol. The molecule has 5 rings (SSSR count). The van der Waals surface area contributed by atoms with Crippen LogP contribution < -0.4 is 5.73 Å². The van der Waals surface area contributed by atoms with E-state index in [0.29, 0.717) is 11.7 Å². The summed E-state index contributed by atoms with van der Waals surface area (Å²) in [7, 11) is 0. The summed E-state index contributed by atoms with van der Waals surface area (Å²) in [6.07, 6.45) is 12.7. The third-order valence-electron chi connectivity index (χ3n) is 8.48. The van der Waals surface area contributed by atoms with E-state index in [2.05, 4.69) is 20.6 Å². The standard InChI is InChI=1S/C29H43N5O4/c1-27(2,3)38-26(35)33-13-10-29(11-14-33)9-6-7-20(29)15-19-16-22(23(17-19)37-28(4,5)36)34-12-8-21-24(30)31-18-32-25(21)34/h7-8,12,18-19,22-23,36H,6,9-11,13-17H2,1-5H3,(H2,30,31,32)/t19-,22+,23?/m0/s1. The average molecular weight is 526 g/mol. The fourth-order valence-electron chi connectivity index (χ4n) is 6.82. The molecule has 1 saturated carbocycles. The van der Waals surface area contributed by atoms with E-state index >= 15 is 0 Å². The van der Waals surface area contributed by atoms with Gasteiger partial charge in [0.05, 0.1) is 17.5 Å². The second-order valence-electron chi connectivity index (χ2n) is 12.9. The Morgan fingerprint density at radius 3 is 2.58 bits per heavy atom. The lowest BCUT2D eigenvalue weighted by molar-refractivity contribution is -0.210. The van der Waals surface area contributed by atoms with Crippen LogP contribution in [0.2, 0.25) is 0 Å². The Balaban J connectivity index is 1.30. The zero-order chi connectivity index (χ0) is 27.3. The van der Waals surface area contributed by atoms with E-state index in [-0.39, 0.29) is 23.7 Å². The Labute approximate surface area is 225 Å². The summed E-state index contributed by atoms with van der Waals surface area (Å²) >= 11 is 0. The predicted molar refractivity (Wildman–Crippen MR) is 146 cm³/mol. The van der Waals surface area contributed by atoms with Crippen molar-refractivity contribution in [2.24, 2.45) is 11.3 Å². The third-order valence-corrected chi connectivity index (χ3v) is 8.48. The molecule has 2 aromatic heterocycles. The Hall–Kier alpha value is -2.65. The van der Waals surface area contributed by atoms with Crippen molar-refractivity contribution < 1.29 is 19.4 Å². The fourth-order valence-corrected chi connectivity index (χ4v) is 6.82. The Bertz CT molecular complexity index is 1200. The predicted octanol–water partition coefficient (Wildman–Crippen LogP) is 5.21. The lowest BCUT2D eigenvalue weighted by atomic mass is 9.70. The topological polar surface area (TPSA) is 116 Å². The first-order valence-electron chi connectivity index (χ1n) is 14.0. The number of allylic oxidation sites excluding steroid dienone is 2. The molecule has 3 heterocycles. The van der Waals surface area contributed by atoms with Gasteiger partial charge in [-0.2, -0.15) is 0 Å². The molecule has 1 unspecified atom stereocenters. The number of aliphatic hydroxyl groups is 1. The van der Waals surface area contributed by atoms with E-state index in [4.69, 9.17) is 15.2 Å². The number of nitrogen functional groups attached to an aromatic ring is 1. The molecule has 2 aliphatic carbocycles. The van der Waals surface area contributed by atoms with Crippen LogP contribution in [0.1, 0.15) is 85.6 Å². The van der Waals surface area contributed by atoms with Crippen LogP contribution in [0.4, 0.5) is 10.6 Å². The van der Waals surface area contributed by atoms with Gasteiger partial charge in [-0.1, -0.05) is 11.6 Å². The van der Waals surface area contributed by atoms with Crippen molar-refractivity contribution >= 4 is 22.9 Å². The zero-order valence-corrected chi connectivity index (χ0v) is 23.4. The van der Waals surface area contributed by atoms with Crippen LogP contribution in [-0.4, -0.2) is 61.2 Å². The molecule has 1 saturated heterocycles. The molecule has 1 aliphatic heterocycles. The maximum Gasteiger partial charge on any atom is 0.410 e. The van der Waals surface area contributed by atoms with E-state index in [1.807, 2.05) is 37.9 Å². The van der Waals surface area contributed by atoms with Crippen molar-refractivity contribution in [3.05, 3.63) is 30.2 Å². The van der Waals surface area contributed by atoms with E-state index in [9.17, 15) is 9.90 Å². The lowest BCUT2D eigenvalue weighted by Crippen LogP contribution is -2.45. The van der Waals surface area contributed by atoms with Crippen molar-refractivity contribution in [1.82, 2.24) is 19.4 Å². The van der Waals surface area contributed by atoms with Crippen LogP contribution in [0.3, 0.4) is 0 Å². The molecule has 3 N–H and O–H groups in total. The SMILES string of the molecule is CC(C)(C)OC(=O)N1CCC2(CCC=C2C[C@@H]2CC(OC(C)(C)O)[C@H](n3ccc4c(N)ncnc43)C2)CC1. The first-order chi connectivity index (χ1) is 17.8. The Kier molecular flexibility index (Phi) is 6.97. The second kappa shape index (κ2) is 9.83. The number of rotatable bonds is 5. The number of likely N-dealkylation sites (tertiary alicyclic amines) is 1. The van der Waals surface area contributed by atoms with Gasteiger partial charge in [-0.25, -0.2) is 14.8 Å². The van der Waals surface area contributed by atoms with Crippen molar-refractivity contribution in [1.29, 1.82) is 0 Å². The minimum absolute atomic E-state index is 0.0465. The minimum atomic E-state index is -1.23. The Morgan fingerprint density at radius 1 is 1.16 bits per heavy atom. The molecule has 1 amide bonds. The summed E-state index contributed by atoms with van der Waals surface area (Å²) in [4.78, 5) is 23.1. The quantitative estimate of drug-likeness (QED) is 0.407. The highest BCUT2D eigenvalue weighted by atomic mass is 16.6. The number of hydrogen-bond acceptors (Lipinski definition) is 7. The number of hydrogen-bond donors (Lipinski definition) is 2. The van der Waals surface area contributed by atoms with Crippen LogP contribution >= 0.6 is 0 Å². The normalized spacial score (nSPS) is 25.8. The van der Waals surface area contributed by atoms with Crippen LogP contribution in [0.5, 0.6) is 0 Å². The number of piperidine rings is 1. The fraction of sp³-hybridized carbons (Fsp3) is 0.690. The summed E-state index contributed by atoms with van der Waals surface area (Å²) in [5, 5.41) is 11.4. The number of anilines is 1. The van der Waals surface area contributed by atoms with Crippen molar-refractivity contribution in [2.45, 2.75) is 103 Å². The van der Waals surface area contributed by atoms with Crippen LogP contribution in [0, 0.1) is 11.3 Å². The molecule has 2 fully saturated rings. The zero-order valence-electron chi connectivity index (χ0n) is 23.4. The van der Waals surface area contributed by atoms with Gasteiger partial charge in [-0.05, 0) is 97.0 Å². The maximum absolute atomic E-state index is 12.6. The maximum atomic E-state index is 12.6. The summed E-state index contributed by atoms with van der Waals surface area (Å²) in [5.41, 5.74) is 8.14. The number of carbonyl (C=O) groups excluding carboxylic acids is 1. The van der Waals surface area contributed by atoms with Crippen molar-refractivity contribution in [3.8, 4) is 0 Å². The minimum Gasteiger partial charge on any atom is -0.444 e. The Morgan fingerprint density at radius 2 is 1.89 bits per heavy atom. The first kappa shape index (κ1) is 26.9. The number of carbonyl (C=O) groups is 1. The van der Waals surface area contributed by atoms with Crippen molar-refractivity contribution in [3.63, 3.8) is 0 Å². The molecule has 0 bridgehead atoms. The molecule has 9 heteroatoms. The number of amides is 1. The third kappa shape index (κ3) is 5.54. The molecule has 9 nitrogen and oxygen atoms in total. The summed E-state index contributed by atoms with van der Waals surface area (Å²) in [6, 6.07) is 2.01. The highest BCUT2D eigenvalue weighted by Gasteiger charge is 2.45. The molecule has 0 aromatic carbocycles. The highest BCUT2D eigenvalue weighted by molar-refractivity contribution is 5.86. The van der Waals surface area contributed by atoms with Gasteiger partial charge in [-0.3, -0.25) is 0 Å². The van der Waals surface area contributed by atoms with Gasteiger partial charge in [0.2, 0.25) is 0 Å². The van der Waals surface area contributed by atoms with Gasteiger partial charge < -0.3 is 29.8 Å². The summed E-state index contributed by atoms with van der Waals surface area (Å²) in [5.74, 6) is -0.329. The molecule has 1 spiro atoms. The number of ether oxygens (including phenoxy) is 2.